The van der Waals surface area contributed by atoms with Crippen molar-refractivity contribution < 1.29 is 4.92 Å². The molecule has 0 aromatic carbocycles. The number of nitrogens with one attached hydrogen (secondary N) is 1. The monoisotopic (exact) mass is 234 g/mol. The number of aryl methyl sites for hydroxylation is 1. The molecule has 0 saturated carbocycles. The molecule has 0 fully saturated rings. The smallest absolute Gasteiger partial charge is 0.276 e. The number of aromatic nitrogens is 3. The Balaban J connectivity index is 2.53. The maximum atomic E-state index is 10.7. The van der Waals surface area contributed by atoms with Crippen LogP contribution in [0.5, 0.6) is 0 Å². The summed E-state index contributed by atoms with van der Waals surface area (Å²) in [6, 6.07) is 4.35. The Hall–Kier alpha value is -2.48. The van der Waals surface area contributed by atoms with Gasteiger partial charge >= 0.3 is 0 Å². The number of hydrazine groups is 1. The summed E-state index contributed by atoms with van der Waals surface area (Å²) in [4.78, 5) is 14.3. The van der Waals surface area contributed by atoms with E-state index in [4.69, 9.17) is 5.84 Å². The van der Waals surface area contributed by atoms with Crippen LogP contribution in [0.2, 0.25) is 0 Å². The minimum Gasteiger partial charge on any atom is -0.308 e. The van der Waals surface area contributed by atoms with Gasteiger partial charge in [-0.05, 0) is 13.0 Å². The summed E-state index contributed by atoms with van der Waals surface area (Å²) in [5.74, 6) is 5.75. The topological polar surface area (TPSA) is 112 Å². The fraction of sp³-hybridized carbons (Fsp3) is 0.111. The third kappa shape index (κ3) is 2.21. The molecule has 0 unspecified atom stereocenters. The molecule has 2 rings (SSSR count). The van der Waals surface area contributed by atoms with E-state index in [1.165, 1.54) is 16.8 Å². The highest BCUT2D eigenvalue weighted by atomic mass is 16.6. The van der Waals surface area contributed by atoms with E-state index in [9.17, 15) is 10.1 Å². The lowest BCUT2D eigenvalue weighted by molar-refractivity contribution is -0.384. The summed E-state index contributed by atoms with van der Waals surface area (Å²) in [7, 11) is 0. The van der Waals surface area contributed by atoms with Crippen molar-refractivity contribution in [3.8, 4) is 5.82 Å². The lowest BCUT2D eigenvalue weighted by Gasteiger charge is -2.04. The molecule has 88 valence electrons. The molecule has 0 radical (unpaired) electrons. The zero-order valence-corrected chi connectivity index (χ0v) is 8.99. The van der Waals surface area contributed by atoms with Gasteiger partial charge in [0.05, 0.1) is 22.7 Å². The Kier molecular flexibility index (Phi) is 2.71. The summed E-state index contributed by atoms with van der Waals surface area (Å²) in [6.45, 7) is 1.82. The molecule has 2 aromatic heterocycles. The first-order chi connectivity index (χ1) is 8.10. The standard InChI is InChI=1S/C9H10N6O2/c1-6-2-3-14(13-6)9-5-7(15(16)17)4-8(11-9)12-10/h2-5H,10H2,1H3,(H,11,12). The minimum atomic E-state index is -0.512. The second-order valence-corrected chi connectivity index (χ2v) is 3.37. The number of nitrogens with two attached hydrogens (primary N) is 1. The number of pyridine rings is 1. The molecular formula is C9H10N6O2. The summed E-state index contributed by atoms with van der Waals surface area (Å²) >= 11 is 0. The normalized spacial score (nSPS) is 10.2. The van der Waals surface area contributed by atoms with Crippen LogP contribution in [0.1, 0.15) is 5.69 Å². The van der Waals surface area contributed by atoms with E-state index in [0.717, 1.165) is 5.69 Å². The van der Waals surface area contributed by atoms with Crippen molar-refractivity contribution in [3.63, 3.8) is 0 Å². The molecule has 17 heavy (non-hydrogen) atoms. The van der Waals surface area contributed by atoms with E-state index in [2.05, 4.69) is 15.5 Å². The summed E-state index contributed by atoms with van der Waals surface area (Å²) in [5.41, 5.74) is 2.97. The summed E-state index contributed by atoms with van der Waals surface area (Å²) in [5, 5.41) is 14.9. The van der Waals surface area contributed by atoms with E-state index in [1.54, 1.807) is 12.3 Å². The first-order valence-electron chi connectivity index (χ1n) is 4.76. The first kappa shape index (κ1) is 11.0. The molecule has 0 spiro atoms. The van der Waals surface area contributed by atoms with Crippen LogP contribution in [0.25, 0.3) is 5.82 Å². The highest BCUT2D eigenvalue weighted by Crippen LogP contribution is 2.19. The number of nitrogen functional groups attached to an aromatic ring is 1. The zero-order chi connectivity index (χ0) is 12.4. The maximum Gasteiger partial charge on any atom is 0.276 e. The van der Waals surface area contributed by atoms with Crippen LogP contribution in [0.3, 0.4) is 0 Å². The van der Waals surface area contributed by atoms with Crippen molar-refractivity contribution in [3.05, 3.63) is 40.2 Å². The average molecular weight is 234 g/mol. The predicted molar refractivity (Wildman–Crippen MR) is 60.6 cm³/mol. The lowest BCUT2D eigenvalue weighted by atomic mass is 10.4. The fourth-order valence-electron chi connectivity index (χ4n) is 1.34. The van der Waals surface area contributed by atoms with Crippen LogP contribution in [-0.4, -0.2) is 19.7 Å². The lowest BCUT2D eigenvalue weighted by Crippen LogP contribution is -2.11. The van der Waals surface area contributed by atoms with Gasteiger partial charge < -0.3 is 5.43 Å². The molecule has 0 saturated heterocycles. The quantitative estimate of drug-likeness (QED) is 0.461. The number of rotatable bonds is 3. The second kappa shape index (κ2) is 4.18. The molecule has 8 heteroatoms. The van der Waals surface area contributed by atoms with E-state index in [0.29, 0.717) is 5.82 Å². The minimum absolute atomic E-state index is 0.101. The predicted octanol–water partition coefficient (Wildman–Crippen LogP) is 0.770. The molecule has 0 atom stereocenters. The number of anilines is 1. The molecule has 0 aliphatic rings. The van der Waals surface area contributed by atoms with Crippen LogP contribution in [0.15, 0.2) is 24.4 Å². The van der Waals surface area contributed by atoms with Crippen LogP contribution in [0, 0.1) is 17.0 Å². The average Bonchev–Trinajstić information content (AvgIpc) is 2.75. The highest BCUT2D eigenvalue weighted by Gasteiger charge is 2.12. The van der Waals surface area contributed by atoms with Gasteiger partial charge in [-0.25, -0.2) is 15.5 Å². The van der Waals surface area contributed by atoms with Gasteiger partial charge in [-0.2, -0.15) is 5.10 Å². The molecule has 2 heterocycles. The molecule has 0 aliphatic carbocycles. The molecular weight excluding hydrogens is 224 g/mol. The molecule has 3 N–H and O–H groups in total. The molecule has 2 aromatic rings. The van der Waals surface area contributed by atoms with E-state index in [1.807, 2.05) is 6.92 Å². The molecule has 0 bridgehead atoms. The Morgan fingerprint density at radius 2 is 2.29 bits per heavy atom. The fourth-order valence-corrected chi connectivity index (χ4v) is 1.34. The van der Waals surface area contributed by atoms with Gasteiger partial charge in [0, 0.05) is 6.20 Å². The Morgan fingerprint density at radius 3 is 2.82 bits per heavy atom. The van der Waals surface area contributed by atoms with Crippen molar-refractivity contribution in [2.75, 3.05) is 5.43 Å². The number of hydrogen-bond donors (Lipinski definition) is 2. The Morgan fingerprint density at radius 1 is 1.53 bits per heavy atom. The van der Waals surface area contributed by atoms with Crippen LogP contribution in [-0.2, 0) is 0 Å². The third-order valence-electron chi connectivity index (χ3n) is 2.11. The van der Waals surface area contributed by atoms with Gasteiger partial charge in [-0.15, -0.1) is 0 Å². The number of hydrogen-bond acceptors (Lipinski definition) is 6. The van der Waals surface area contributed by atoms with Gasteiger partial charge in [0.2, 0.25) is 0 Å². The SMILES string of the molecule is Cc1ccn(-c2cc([N+](=O)[O-])cc(NN)n2)n1. The Bertz CT molecular complexity index is 564. The summed E-state index contributed by atoms with van der Waals surface area (Å²) < 4.78 is 1.45. The highest BCUT2D eigenvalue weighted by molar-refractivity contribution is 5.49. The van der Waals surface area contributed by atoms with E-state index < -0.39 is 4.92 Å². The maximum absolute atomic E-state index is 10.7. The van der Waals surface area contributed by atoms with Crippen molar-refractivity contribution in [1.82, 2.24) is 14.8 Å². The third-order valence-corrected chi connectivity index (χ3v) is 2.11. The van der Waals surface area contributed by atoms with Crippen molar-refractivity contribution in [2.24, 2.45) is 5.84 Å². The van der Waals surface area contributed by atoms with E-state index >= 15 is 0 Å². The van der Waals surface area contributed by atoms with Gasteiger partial charge in [-0.3, -0.25) is 10.1 Å². The van der Waals surface area contributed by atoms with Crippen LogP contribution < -0.4 is 11.3 Å². The zero-order valence-electron chi connectivity index (χ0n) is 8.99. The van der Waals surface area contributed by atoms with Gasteiger partial charge in [0.15, 0.2) is 5.82 Å². The summed E-state index contributed by atoms with van der Waals surface area (Å²) in [6.07, 6.45) is 1.67. The van der Waals surface area contributed by atoms with Crippen LogP contribution >= 0.6 is 0 Å². The Labute approximate surface area is 96.2 Å². The van der Waals surface area contributed by atoms with Crippen molar-refractivity contribution >= 4 is 11.5 Å². The van der Waals surface area contributed by atoms with E-state index in [-0.39, 0.29) is 11.5 Å². The van der Waals surface area contributed by atoms with Gasteiger partial charge in [0.1, 0.15) is 5.82 Å². The second-order valence-electron chi connectivity index (χ2n) is 3.37. The largest absolute Gasteiger partial charge is 0.308 e. The van der Waals surface area contributed by atoms with Crippen molar-refractivity contribution in [2.45, 2.75) is 6.92 Å². The molecule has 0 aliphatic heterocycles. The number of nitro groups is 1. The van der Waals surface area contributed by atoms with Gasteiger partial charge in [-0.1, -0.05) is 0 Å². The van der Waals surface area contributed by atoms with Crippen LogP contribution in [0.4, 0.5) is 11.5 Å². The number of nitrogens with zero attached hydrogens (tertiary/aromatic N) is 4. The first-order valence-corrected chi connectivity index (χ1v) is 4.76. The molecule has 0 amide bonds. The van der Waals surface area contributed by atoms with Gasteiger partial charge in [0.25, 0.3) is 5.69 Å². The molecule has 8 nitrogen and oxygen atoms in total. The van der Waals surface area contributed by atoms with Crippen molar-refractivity contribution in [1.29, 1.82) is 0 Å².